The van der Waals surface area contributed by atoms with E-state index in [1.165, 1.54) is 51.4 Å². The van der Waals surface area contributed by atoms with Crippen molar-refractivity contribution in [1.82, 2.24) is 0 Å². The Morgan fingerprint density at radius 3 is 1.94 bits per heavy atom. The maximum atomic E-state index is 4.79. The minimum absolute atomic E-state index is 0.534. The van der Waals surface area contributed by atoms with E-state index >= 15 is 0 Å². The van der Waals surface area contributed by atoms with Crippen molar-refractivity contribution in [2.45, 2.75) is 70.5 Å². The lowest BCUT2D eigenvalue weighted by atomic mass is 9.63. The van der Waals surface area contributed by atoms with Gasteiger partial charge < -0.3 is 0 Å². The maximum Gasteiger partial charge on any atom is 0.00218 e. The van der Waals surface area contributed by atoms with Gasteiger partial charge >= 0.3 is 0 Å². The van der Waals surface area contributed by atoms with Gasteiger partial charge in [0.2, 0.25) is 0 Å². The fourth-order valence-corrected chi connectivity index (χ4v) is 6.03. The highest BCUT2D eigenvalue weighted by molar-refractivity contribution is 7.81. The first-order chi connectivity index (χ1) is 8.55. The summed E-state index contributed by atoms with van der Waals surface area (Å²) in [6.07, 6.45) is 11.2. The molecule has 18 heavy (non-hydrogen) atoms. The molecule has 2 atom stereocenters. The molecule has 0 N–H and O–H groups in total. The highest BCUT2D eigenvalue weighted by Gasteiger charge is 2.42. The monoisotopic (exact) mass is 286 g/mol. The van der Waals surface area contributed by atoms with Crippen molar-refractivity contribution < 1.29 is 0 Å². The molecule has 0 saturated heterocycles. The second kappa shape index (κ2) is 6.43. The summed E-state index contributed by atoms with van der Waals surface area (Å²) in [6, 6.07) is 0. The molecule has 0 aliphatic heterocycles. The van der Waals surface area contributed by atoms with E-state index < -0.39 is 0 Å². The van der Waals surface area contributed by atoms with Crippen molar-refractivity contribution in [3.8, 4) is 0 Å². The molecule has 2 heteroatoms. The van der Waals surface area contributed by atoms with Crippen molar-refractivity contribution in [3.63, 3.8) is 0 Å². The van der Waals surface area contributed by atoms with Crippen LogP contribution in [0.25, 0.3) is 0 Å². The first kappa shape index (κ1) is 15.1. The van der Waals surface area contributed by atoms with E-state index in [4.69, 9.17) is 25.3 Å². The molecule has 0 bridgehead atoms. The van der Waals surface area contributed by atoms with E-state index in [1.807, 2.05) is 0 Å². The molecule has 0 nitrogen and oxygen atoms in total. The third kappa shape index (κ3) is 3.42. The van der Waals surface area contributed by atoms with E-state index in [1.54, 1.807) is 0 Å². The van der Waals surface area contributed by atoms with Crippen LogP contribution in [0.5, 0.6) is 0 Å². The van der Waals surface area contributed by atoms with Gasteiger partial charge in [0.05, 0.1) is 0 Å². The van der Waals surface area contributed by atoms with E-state index in [2.05, 4.69) is 13.8 Å². The first-order valence-corrected chi connectivity index (χ1v) is 8.99. The quantitative estimate of drug-likeness (QED) is 0.637. The van der Waals surface area contributed by atoms with E-state index in [9.17, 15) is 0 Å². The molecular formula is C16H30S2. The van der Waals surface area contributed by atoms with Gasteiger partial charge in [0.15, 0.2) is 0 Å². The zero-order valence-corrected chi connectivity index (χ0v) is 13.9. The second-order valence-electron chi connectivity index (χ2n) is 7.25. The number of rotatable bonds is 2. The third-order valence-electron chi connectivity index (χ3n) is 5.39. The molecule has 2 unspecified atom stereocenters. The molecular weight excluding hydrogens is 256 g/mol. The van der Waals surface area contributed by atoms with Crippen LogP contribution in [-0.4, -0.2) is 11.0 Å². The lowest BCUT2D eigenvalue weighted by Crippen LogP contribution is -2.37. The smallest absolute Gasteiger partial charge is 0.00218 e. The van der Waals surface area contributed by atoms with Gasteiger partial charge in [-0.25, -0.2) is 0 Å². The van der Waals surface area contributed by atoms with Crippen LogP contribution >= 0.6 is 25.3 Å². The summed E-state index contributed by atoms with van der Waals surface area (Å²) in [4.78, 5) is 0. The lowest BCUT2D eigenvalue weighted by Gasteiger charge is -2.44. The Morgan fingerprint density at radius 2 is 1.50 bits per heavy atom. The second-order valence-corrected chi connectivity index (χ2v) is 8.29. The Labute approximate surface area is 125 Å². The average Bonchev–Trinajstić information content (AvgIpc) is 2.79. The molecule has 0 radical (unpaired) electrons. The molecule has 0 amide bonds. The van der Waals surface area contributed by atoms with Gasteiger partial charge in [0.1, 0.15) is 0 Å². The number of hydrogen-bond acceptors (Lipinski definition) is 2. The van der Waals surface area contributed by atoms with Crippen LogP contribution in [0.15, 0.2) is 0 Å². The fourth-order valence-electron chi connectivity index (χ4n) is 4.79. The number of thiol groups is 2. The van der Waals surface area contributed by atoms with Gasteiger partial charge in [0, 0.05) is 5.25 Å². The summed E-state index contributed by atoms with van der Waals surface area (Å²) >= 11 is 9.57. The average molecular weight is 287 g/mol. The van der Waals surface area contributed by atoms with Crippen LogP contribution in [-0.2, 0) is 0 Å². The minimum atomic E-state index is 0.534. The van der Waals surface area contributed by atoms with Gasteiger partial charge in [-0.05, 0) is 67.4 Å². The summed E-state index contributed by atoms with van der Waals surface area (Å²) in [5.41, 5.74) is 0.534. The summed E-state index contributed by atoms with van der Waals surface area (Å²) < 4.78 is 0. The summed E-state index contributed by atoms with van der Waals surface area (Å²) in [7, 11) is 0. The van der Waals surface area contributed by atoms with Crippen LogP contribution in [0.4, 0.5) is 0 Å². The van der Waals surface area contributed by atoms with Crippen LogP contribution < -0.4 is 0 Å². The van der Waals surface area contributed by atoms with Crippen molar-refractivity contribution in [2.75, 3.05) is 5.75 Å². The Morgan fingerprint density at radius 1 is 1.00 bits per heavy atom. The SMILES string of the molecule is CC1CC(S)CC(C)CC(CS)(C2CCCC2)C1. The molecule has 2 aliphatic rings. The topological polar surface area (TPSA) is 0 Å². The standard InChI is InChI=1S/C16H30S2/c1-12-7-15(18)8-13(2)10-16(9-12,11-17)14-5-3-4-6-14/h12-15,17-18H,3-11H2,1-2H3. The third-order valence-corrected chi connectivity index (χ3v) is 6.45. The van der Waals surface area contributed by atoms with Crippen molar-refractivity contribution in [3.05, 3.63) is 0 Å². The predicted molar refractivity (Wildman–Crippen MR) is 87.8 cm³/mol. The van der Waals surface area contributed by atoms with Crippen molar-refractivity contribution >= 4 is 25.3 Å². The van der Waals surface area contributed by atoms with Crippen LogP contribution in [0, 0.1) is 23.2 Å². The fraction of sp³-hybridized carbons (Fsp3) is 1.00. The first-order valence-electron chi connectivity index (χ1n) is 7.84. The maximum absolute atomic E-state index is 4.79. The molecule has 2 fully saturated rings. The van der Waals surface area contributed by atoms with Gasteiger partial charge in [-0.15, -0.1) is 0 Å². The van der Waals surface area contributed by atoms with Crippen molar-refractivity contribution in [1.29, 1.82) is 0 Å². The number of hydrogen-bond donors (Lipinski definition) is 2. The molecule has 0 heterocycles. The zero-order valence-electron chi connectivity index (χ0n) is 12.1. The van der Waals surface area contributed by atoms with Gasteiger partial charge in [-0.2, -0.15) is 25.3 Å². The van der Waals surface area contributed by atoms with Gasteiger partial charge in [0.25, 0.3) is 0 Å². The molecule has 2 aliphatic carbocycles. The lowest BCUT2D eigenvalue weighted by molar-refractivity contribution is 0.0976. The van der Waals surface area contributed by atoms with Gasteiger partial charge in [-0.1, -0.05) is 26.7 Å². The highest BCUT2D eigenvalue weighted by Crippen LogP contribution is 2.51. The summed E-state index contributed by atoms with van der Waals surface area (Å²) in [5, 5.41) is 0.622. The molecule has 2 saturated carbocycles. The van der Waals surface area contributed by atoms with Crippen LogP contribution in [0.3, 0.4) is 0 Å². The Balaban J connectivity index is 2.15. The Kier molecular flexibility index (Phi) is 5.40. The highest BCUT2D eigenvalue weighted by atomic mass is 32.1. The normalized spacial score (nSPS) is 43.7. The summed E-state index contributed by atoms with van der Waals surface area (Å²) in [5.74, 6) is 3.71. The Bertz CT molecular complexity index is 244. The molecule has 0 aromatic carbocycles. The minimum Gasteiger partial charge on any atom is -0.179 e. The zero-order chi connectivity index (χ0) is 13.2. The van der Waals surface area contributed by atoms with Crippen molar-refractivity contribution in [2.24, 2.45) is 23.2 Å². The molecule has 0 aromatic heterocycles. The Hall–Kier alpha value is 0.700. The molecule has 0 spiro atoms. The summed E-state index contributed by atoms with van der Waals surface area (Å²) in [6.45, 7) is 4.87. The van der Waals surface area contributed by atoms with Crippen LogP contribution in [0.2, 0.25) is 0 Å². The van der Waals surface area contributed by atoms with Gasteiger partial charge in [-0.3, -0.25) is 0 Å². The predicted octanol–water partition coefficient (Wildman–Crippen LogP) is 5.24. The van der Waals surface area contributed by atoms with Crippen LogP contribution in [0.1, 0.15) is 65.2 Å². The molecule has 2 rings (SSSR count). The molecule has 106 valence electrons. The van der Waals surface area contributed by atoms with E-state index in [0.29, 0.717) is 10.7 Å². The molecule has 0 aromatic rings. The van der Waals surface area contributed by atoms with E-state index in [-0.39, 0.29) is 0 Å². The largest absolute Gasteiger partial charge is 0.179 e. The van der Waals surface area contributed by atoms with E-state index in [0.717, 1.165) is 23.5 Å².